The molecule has 176 valence electrons. The number of hydrogen-bond acceptors (Lipinski definition) is 3. The Balaban J connectivity index is 3.62. The molecule has 0 aromatic heterocycles. The van der Waals surface area contributed by atoms with E-state index in [4.69, 9.17) is 0 Å². The Hall–Kier alpha value is -0.120. The number of aliphatic hydroxyl groups excluding tert-OH is 1. The van der Waals surface area contributed by atoms with Crippen molar-refractivity contribution in [2.24, 2.45) is 0 Å². The van der Waals surface area contributed by atoms with Gasteiger partial charge in [-0.25, -0.2) is 10.0 Å². The molecule has 0 spiro atoms. The van der Waals surface area contributed by atoms with Gasteiger partial charge in [0.2, 0.25) is 0 Å². The van der Waals surface area contributed by atoms with E-state index in [0.29, 0.717) is 0 Å². The maximum absolute atomic E-state index is 10.4. The lowest BCUT2D eigenvalue weighted by Gasteiger charge is -2.31. The van der Waals surface area contributed by atoms with Crippen LogP contribution in [0.4, 0.5) is 0 Å². The fourth-order valence-electron chi connectivity index (χ4n) is 4.08. The van der Waals surface area contributed by atoms with Gasteiger partial charge >= 0.3 is 0 Å². The standard InChI is InChI=1S/C26H56N2O/c1-5-7-9-11-13-15-16-18-20-22-24-28(27(3)4)25-26(29)23-21-19-17-14-12-10-8-6-2/h26,29H,5-25H2,1-4H3. The van der Waals surface area contributed by atoms with Crippen LogP contribution in [0, 0.1) is 0 Å². The van der Waals surface area contributed by atoms with Gasteiger partial charge in [0, 0.05) is 27.2 Å². The second-order valence-corrected chi connectivity index (χ2v) is 9.36. The van der Waals surface area contributed by atoms with E-state index in [2.05, 4.69) is 38.0 Å². The monoisotopic (exact) mass is 412 g/mol. The number of nitrogens with zero attached hydrogens (tertiary/aromatic N) is 2. The van der Waals surface area contributed by atoms with E-state index in [1.165, 1.54) is 116 Å². The van der Waals surface area contributed by atoms with E-state index < -0.39 is 0 Å². The van der Waals surface area contributed by atoms with Crippen LogP contribution in [0.1, 0.15) is 136 Å². The molecular weight excluding hydrogens is 356 g/mol. The van der Waals surface area contributed by atoms with Crippen LogP contribution in [-0.4, -0.2) is 48.4 Å². The van der Waals surface area contributed by atoms with E-state index in [0.717, 1.165) is 19.5 Å². The summed E-state index contributed by atoms with van der Waals surface area (Å²) < 4.78 is 0. The molecule has 1 atom stereocenters. The second-order valence-electron chi connectivity index (χ2n) is 9.36. The van der Waals surface area contributed by atoms with Crippen molar-refractivity contribution in [1.82, 2.24) is 10.0 Å². The molecule has 0 aliphatic heterocycles. The molecule has 0 heterocycles. The molecule has 0 aromatic carbocycles. The maximum Gasteiger partial charge on any atom is 0.0681 e. The first-order valence-electron chi connectivity index (χ1n) is 13.2. The minimum absolute atomic E-state index is 0.180. The highest BCUT2D eigenvalue weighted by atomic mass is 16.3. The summed E-state index contributed by atoms with van der Waals surface area (Å²) >= 11 is 0. The van der Waals surface area contributed by atoms with Gasteiger partial charge in [-0.3, -0.25) is 0 Å². The Morgan fingerprint density at radius 1 is 0.552 bits per heavy atom. The summed E-state index contributed by atoms with van der Waals surface area (Å²) in [6.07, 6.45) is 25.2. The van der Waals surface area contributed by atoms with Crippen molar-refractivity contribution in [1.29, 1.82) is 0 Å². The summed E-state index contributed by atoms with van der Waals surface area (Å²) in [5, 5.41) is 14.9. The van der Waals surface area contributed by atoms with Crippen molar-refractivity contribution in [3.05, 3.63) is 0 Å². The van der Waals surface area contributed by atoms with Crippen LogP contribution in [-0.2, 0) is 0 Å². The van der Waals surface area contributed by atoms with Crippen molar-refractivity contribution in [2.45, 2.75) is 142 Å². The lowest BCUT2D eigenvalue weighted by Crippen LogP contribution is -2.42. The Kier molecular flexibility index (Phi) is 22.5. The summed E-state index contributed by atoms with van der Waals surface area (Å²) in [6, 6.07) is 0. The van der Waals surface area contributed by atoms with Crippen molar-refractivity contribution in [3.63, 3.8) is 0 Å². The summed E-state index contributed by atoms with van der Waals surface area (Å²) in [5.74, 6) is 0. The summed E-state index contributed by atoms with van der Waals surface area (Å²) in [6.45, 7) is 6.43. The molecule has 0 radical (unpaired) electrons. The van der Waals surface area contributed by atoms with Gasteiger partial charge in [0.1, 0.15) is 0 Å². The third-order valence-electron chi connectivity index (χ3n) is 6.15. The highest BCUT2D eigenvalue weighted by molar-refractivity contribution is 4.63. The first-order valence-corrected chi connectivity index (χ1v) is 13.2. The first kappa shape index (κ1) is 28.9. The number of rotatable bonds is 23. The zero-order valence-electron chi connectivity index (χ0n) is 20.8. The number of hydrazine groups is 1. The molecule has 0 aliphatic carbocycles. The quantitative estimate of drug-likeness (QED) is 0.138. The van der Waals surface area contributed by atoms with Crippen molar-refractivity contribution in [2.75, 3.05) is 27.2 Å². The third kappa shape index (κ3) is 20.9. The van der Waals surface area contributed by atoms with E-state index in [9.17, 15) is 5.11 Å². The molecule has 0 aliphatic rings. The largest absolute Gasteiger partial charge is 0.392 e. The average Bonchev–Trinajstić information content (AvgIpc) is 2.70. The molecule has 0 amide bonds. The molecule has 3 heteroatoms. The van der Waals surface area contributed by atoms with Crippen LogP contribution >= 0.6 is 0 Å². The SMILES string of the molecule is CCCCCCCCCCCCN(CC(O)CCCCCCCCCC)N(C)C. The van der Waals surface area contributed by atoms with Gasteiger partial charge in [-0.1, -0.05) is 123 Å². The van der Waals surface area contributed by atoms with Crippen LogP contribution in [0.15, 0.2) is 0 Å². The fourth-order valence-corrected chi connectivity index (χ4v) is 4.08. The summed E-state index contributed by atoms with van der Waals surface area (Å²) in [5.41, 5.74) is 0. The van der Waals surface area contributed by atoms with Gasteiger partial charge in [0.25, 0.3) is 0 Å². The Morgan fingerprint density at radius 3 is 1.34 bits per heavy atom. The van der Waals surface area contributed by atoms with Crippen LogP contribution < -0.4 is 0 Å². The molecule has 1 N–H and O–H groups in total. The molecule has 0 aromatic rings. The molecule has 0 rings (SSSR count). The molecular formula is C26H56N2O. The van der Waals surface area contributed by atoms with E-state index >= 15 is 0 Å². The molecule has 0 bridgehead atoms. The van der Waals surface area contributed by atoms with Gasteiger partial charge in [0.05, 0.1) is 6.10 Å². The minimum Gasteiger partial charge on any atom is -0.392 e. The van der Waals surface area contributed by atoms with Crippen LogP contribution in [0.5, 0.6) is 0 Å². The third-order valence-corrected chi connectivity index (χ3v) is 6.15. The topological polar surface area (TPSA) is 26.7 Å². The maximum atomic E-state index is 10.4. The Morgan fingerprint density at radius 2 is 0.931 bits per heavy atom. The first-order chi connectivity index (χ1) is 14.1. The fraction of sp³-hybridized carbons (Fsp3) is 1.00. The van der Waals surface area contributed by atoms with Crippen molar-refractivity contribution < 1.29 is 5.11 Å². The summed E-state index contributed by atoms with van der Waals surface area (Å²) in [4.78, 5) is 0. The molecule has 3 nitrogen and oxygen atoms in total. The van der Waals surface area contributed by atoms with Gasteiger partial charge in [-0.15, -0.1) is 0 Å². The predicted octanol–water partition coefficient (Wildman–Crippen LogP) is 7.58. The molecule has 0 saturated heterocycles. The zero-order valence-corrected chi connectivity index (χ0v) is 20.8. The number of hydrogen-bond donors (Lipinski definition) is 1. The summed E-state index contributed by atoms with van der Waals surface area (Å²) in [7, 11) is 4.22. The normalized spacial score (nSPS) is 12.9. The van der Waals surface area contributed by atoms with Crippen LogP contribution in [0.25, 0.3) is 0 Å². The van der Waals surface area contributed by atoms with Gasteiger partial charge < -0.3 is 5.11 Å². The predicted molar refractivity (Wildman–Crippen MR) is 130 cm³/mol. The lowest BCUT2D eigenvalue weighted by atomic mass is 10.1. The lowest BCUT2D eigenvalue weighted by molar-refractivity contribution is -0.0194. The second kappa shape index (κ2) is 22.6. The zero-order chi connectivity index (χ0) is 21.6. The van der Waals surface area contributed by atoms with Gasteiger partial charge in [0.15, 0.2) is 0 Å². The van der Waals surface area contributed by atoms with E-state index in [-0.39, 0.29) is 6.10 Å². The smallest absolute Gasteiger partial charge is 0.0681 e. The Labute approximate surface area is 184 Å². The number of aliphatic hydroxyl groups is 1. The molecule has 1 unspecified atom stereocenters. The molecule has 29 heavy (non-hydrogen) atoms. The van der Waals surface area contributed by atoms with Crippen LogP contribution in [0.2, 0.25) is 0 Å². The molecule has 0 fully saturated rings. The van der Waals surface area contributed by atoms with Gasteiger partial charge in [-0.05, 0) is 12.8 Å². The van der Waals surface area contributed by atoms with Crippen molar-refractivity contribution in [3.8, 4) is 0 Å². The van der Waals surface area contributed by atoms with E-state index in [1.807, 2.05) is 0 Å². The number of unbranched alkanes of at least 4 members (excludes halogenated alkanes) is 16. The highest BCUT2D eigenvalue weighted by Gasteiger charge is 2.13. The van der Waals surface area contributed by atoms with Gasteiger partial charge in [-0.2, -0.15) is 0 Å². The molecule has 0 saturated carbocycles. The average molecular weight is 413 g/mol. The highest BCUT2D eigenvalue weighted by Crippen LogP contribution is 2.13. The minimum atomic E-state index is -0.180. The van der Waals surface area contributed by atoms with E-state index in [1.54, 1.807) is 0 Å². The Bertz CT molecular complexity index is 309. The van der Waals surface area contributed by atoms with Crippen molar-refractivity contribution >= 4 is 0 Å². The van der Waals surface area contributed by atoms with Crippen LogP contribution in [0.3, 0.4) is 0 Å².